The highest BCUT2D eigenvalue weighted by Gasteiger charge is 2.51. The van der Waals surface area contributed by atoms with Crippen molar-refractivity contribution in [2.75, 3.05) is 25.7 Å². The summed E-state index contributed by atoms with van der Waals surface area (Å²) in [6.45, 7) is 0.169. The van der Waals surface area contributed by atoms with Crippen molar-refractivity contribution in [1.82, 2.24) is 10.3 Å². The smallest absolute Gasteiger partial charge is 0.260 e. The number of nitrogens with one attached hydrogen (secondary N) is 1. The molecule has 1 aliphatic heterocycles. The second-order valence-corrected chi connectivity index (χ2v) is 13.5. The average Bonchev–Trinajstić information content (AvgIpc) is 3.50. The van der Waals surface area contributed by atoms with Crippen LogP contribution in [0.15, 0.2) is 132 Å². The summed E-state index contributed by atoms with van der Waals surface area (Å²) in [4.78, 5) is 27.5. The molecule has 1 heterocycles. The predicted molar refractivity (Wildman–Crippen MR) is 203 cm³/mol. The number of ether oxygens (including phenoxy) is 3. The van der Waals surface area contributed by atoms with Crippen molar-refractivity contribution in [2.45, 2.75) is 23.2 Å². The average molecular weight is 741 g/mol. The van der Waals surface area contributed by atoms with Gasteiger partial charge in [0.15, 0.2) is 0 Å². The highest BCUT2D eigenvalue weighted by molar-refractivity contribution is 8.00. The maximum absolute atomic E-state index is 13.9. The monoisotopic (exact) mass is 739 g/mol. The SMILES string of the molecule is COc1cccc(/C=C/C(=O)NCC(=O)N(C)N2c3ccc(OCc4ccccc4Cl)cc3SC2(OCc2ccccc2Cl)c2ccccc2)c1. The van der Waals surface area contributed by atoms with Crippen LogP contribution in [0.1, 0.15) is 22.3 Å². The predicted octanol–water partition coefficient (Wildman–Crippen LogP) is 8.72. The Balaban J connectivity index is 1.29. The summed E-state index contributed by atoms with van der Waals surface area (Å²) < 4.78 is 18.3. The highest BCUT2D eigenvalue weighted by Crippen LogP contribution is 2.58. The zero-order chi connectivity index (χ0) is 35.8. The summed E-state index contributed by atoms with van der Waals surface area (Å²) in [5, 5.41) is 5.96. The van der Waals surface area contributed by atoms with Gasteiger partial charge < -0.3 is 19.5 Å². The van der Waals surface area contributed by atoms with Crippen LogP contribution in [-0.4, -0.2) is 37.5 Å². The summed E-state index contributed by atoms with van der Waals surface area (Å²) in [6, 6.07) is 37.7. The minimum Gasteiger partial charge on any atom is -0.497 e. The lowest BCUT2D eigenvalue weighted by atomic mass is 10.1. The molecule has 260 valence electrons. The molecule has 2 amide bonds. The number of amides is 2. The van der Waals surface area contributed by atoms with E-state index in [1.807, 2.05) is 126 Å². The molecule has 5 aromatic rings. The van der Waals surface area contributed by atoms with E-state index >= 15 is 0 Å². The molecule has 8 nitrogen and oxygen atoms in total. The molecule has 0 saturated heterocycles. The van der Waals surface area contributed by atoms with Gasteiger partial charge in [0.1, 0.15) is 18.1 Å². The number of likely N-dealkylation sites (N-methyl/N-ethyl adjacent to an activating group) is 1. The van der Waals surface area contributed by atoms with Gasteiger partial charge in [0, 0.05) is 39.2 Å². The van der Waals surface area contributed by atoms with E-state index in [9.17, 15) is 9.59 Å². The molecule has 51 heavy (non-hydrogen) atoms. The highest BCUT2D eigenvalue weighted by atomic mass is 35.5. The summed E-state index contributed by atoms with van der Waals surface area (Å²) >= 11 is 14.4. The first-order chi connectivity index (χ1) is 24.8. The number of hydrogen-bond donors (Lipinski definition) is 1. The maximum Gasteiger partial charge on any atom is 0.260 e. The third-order valence-corrected chi connectivity index (χ3v) is 10.2. The number of fused-ring (bicyclic) bond motifs is 1. The molecule has 11 heteroatoms. The van der Waals surface area contributed by atoms with Crippen molar-refractivity contribution >= 4 is 58.5 Å². The van der Waals surface area contributed by atoms with Gasteiger partial charge in [0.05, 0.1) is 25.9 Å². The molecule has 5 aromatic carbocycles. The molecule has 0 spiro atoms. The van der Waals surface area contributed by atoms with Crippen molar-refractivity contribution in [2.24, 2.45) is 0 Å². The summed E-state index contributed by atoms with van der Waals surface area (Å²) in [6.07, 6.45) is 3.04. The fourth-order valence-corrected chi connectivity index (χ4v) is 7.28. The molecule has 1 unspecified atom stereocenters. The maximum atomic E-state index is 13.9. The third-order valence-electron chi connectivity index (χ3n) is 8.15. The first kappa shape index (κ1) is 35.9. The number of methoxy groups -OCH3 is 1. The van der Waals surface area contributed by atoms with E-state index in [0.29, 0.717) is 27.2 Å². The summed E-state index contributed by atoms with van der Waals surface area (Å²) in [5.74, 6) is 0.517. The van der Waals surface area contributed by atoms with E-state index in [2.05, 4.69) is 5.32 Å². The number of rotatable bonds is 13. The lowest BCUT2D eigenvalue weighted by molar-refractivity contribution is -0.134. The summed E-state index contributed by atoms with van der Waals surface area (Å²) in [5.41, 5.74) is 3.95. The number of benzene rings is 5. The fraction of sp³-hybridized carbons (Fsp3) is 0.150. The standard InChI is InChI=1S/C40H35Cl2N3O5S/c1-44(39(47)25-43-38(46)22-19-28-11-10-16-32(23-28)48-2)45-36-21-20-33(49-26-29-12-6-8-17-34(29)41)24-37(36)51-40(45,31-14-4-3-5-15-31)50-27-30-13-7-9-18-35(30)42/h3-24H,25-27H2,1-2H3,(H,43,46)/b22-19+. The van der Waals surface area contributed by atoms with Crippen LogP contribution in [0, 0.1) is 0 Å². The van der Waals surface area contributed by atoms with Gasteiger partial charge in [-0.15, -0.1) is 0 Å². The zero-order valence-electron chi connectivity index (χ0n) is 27.9. The van der Waals surface area contributed by atoms with Gasteiger partial charge in [-0.1, -0.05) is 114 Å². The first-order valence-electron chi connectivity index (χ1n) is 16.1. The third kappa shape index (κ3) is 8.35. The van der Waals surface area contributed by atoms with Crippen LogP contribution < -0.4 is 19.8 Å². The van der Waals surface area contributed by atoms with E-state index in [1.54, 1.807) is 20.2 Å². The Hall–Kier alpha value is -4.93. The Morgan fingerprint density at radius 2 is 1.51 bits per heavy atom. The number of anilines is 1. The Bertz CT molecular complexity index is 2050. The van der Waals surface area contributed by atoms with Gasteiger partial charge in [-0.05, 0) is 59.7 Å². The van der Waals surface area contributed by atoms with Crippen molar-refractivity contribution in [3.63, 3.8) is 0 Å². The van der Waals surface area contributed by atoms with Crippen molar-refractivity contribution in [3.8, 4) is 11.5 Å². The minimum atomic E-state index is -1.25. The van der Waals surface area contributed by atoms with E-state index in [1.165, 1.54) is 22.8 Å². The second kappa shape index (κ2) is 16.4. The quantitative estimate of drug-likeness (QED) is 0.121. The lowest BCUT2D eigenvalue weighted by Crippen LogP contribution is -2.56. The van der Waals surface area contributed by atoms with Gasteiger partial charge in [0.25, 0.3) is 5.91 Å². The minimum absolute atomic E-state index is 0.149. The lowest BCUT2D eigenvalue weighted by Gasteiger charge is -2.43. The molecular formula is C40H35Cl2N3O5S. The molecule has 6 rings (SSSR count). The Labute approximate surface area is 311 Å². The number of carbonyl (C=O) groups is 2. The van der Waals surface area contributed by atoms with Crippen LogP contribution in [0.4, 0.5) is 5.69 Å². The van der Waals surface area contributed by atoms with E-state index in [-0.39, 0.29) is 25.7 Å². The molecule has 0 radical (unpaired) electrons. The summed E-state index contributed by atoms with van der Waals surface area (Å²) in [7, 11) is 3.24. The van der Waals surface area contributed by atoms with E-state index in [4.69, 9.17) is 37.4 Å². The van der Waals surface area contributed by atoms with Crippen LogP contribution in [-0.2, 0) is 32.6 Å². The number of hydrogen-bond acceptors (Lipinski definition) is 7. The van der Waals surface area contributed by atoms with E-state index in [0.717, 1.165) is 27.1 Å². The Morgan fingerprint density at radius 1 is 0.824 bits per heavy atom. The van der Waals surface area contributed by atoms with Crippen LogP contribution in [0.5, 0.6) is 11.5 Å². The second-order valence-electron chi connectivity index (χ2n) is 11.5. The topological polar surface area (TPSA) is 80.3 Å². The molecule has 0 aromatic heterocycles. The van der Waals surface area contributed by atoms with Gasteiger partial charge in [-0.3, -0.25) is 14.6 Å². The van der Waals surface area contributed by atoms with Crippen LogP contribution in [0.3, 0.4) is 0 Å². The molecule has 0 saturated carbocycles. The van der Waals surface area contributed by atoms with Crippen molar-refractivity contribution < 1.29 is 23.8 Å². The molecule has 0 fully saturated rings. The van der Waals surface area contributed by atoms with Crippen LogP contribution >= 0.6 is 35.0 Å². The molecule has 1 aliphatic rings. The van der Waals surface area contributed by atoms with Crippen LogP contribution in [0.2, 0.25) is 10.0 Å². The number of thioether (sulfide) groups is 1. The molecule has 1 N–H and O–H groups in total. The molecule has 0 bridgehead atoms. The molecule has 0 aliphatic carbocycles. The Kier molecular flexibility index (Phi) is 11.5. The van der Waals surface area contributed by atoms with Crippen LogP contribution in [0.25, 0.3) is 6.08 Å². The van der Waals surface area contributed by atoms with Gasteiger partial charge in [-0.2, -0.15) is 0 Å². The van der Waals surface area contributed by atoms with E-state index < -0.39 is 11.0 Å². The molecule has 1 atom stereocenters. The van der Waals surface area contributed by atoms with Gasteiger partial charge in [-0.25, -0.2) is 5.01 Å². The molecular weight excluding hydrogens is 705 g/mol. The number of nitrogens with zero attached hydrogens (tertiary/aromatic N) is 2. The first-order valence-corrected chi connectivity index (χ1v) is 17.6. The number of halogens is 2. The van der Waals surface area contributed by atoms with Gasteiger partial charge in [0.2, 0.25) is 11.0 Å². The van der Waals surface area contributed by atoms with Crippen molar-refractivity contribution in [1.29, 1.82) is 0 Å². The van der Waals surface area contributed by atoms with Crippen molar-refractivity contribution in [3.05, 3.63) is 160 Å². The number of carbonyl (C=O) groups excluding carboxylic acids is 2. The van der Waals surface area contributed by atoms with Gasteiger partial charge >= 0.3 is 0 Å². The normalized spacial score (nSPS) is 15.0. The number of hydrazine groups is 1. The largest absolute Gasteiger partial charge is 0.497 e. The zero-order valence-corrected chi connectivity index (χ0v) is 30.3. The fourth-order valence-electron chi connectivity index (χ4n) is 5.49. The Morgan fingerprint density at radius 3 is 2.22 bits per heavy atom.